The van der Waals surface area contributed by atoms with Gasteiger partial charge >= 0.3 is 0 Å². The highest BCUT2D eigenvalue weighted by atomic mass is 35.5. The maximum Gasteiger partial charge on any atom is 0.166 e. The summed E-state index contributed by atoms with van der Waals surface area (Å²) in [5, 5.41) is 9.80. The molecular weight excluding hydrogens is 260 g/mol. The molecule has 0 heterocycles. The van der Waals surface area contributed by atoms with Crippen LogP contribution in [0.25, 0.3) is 0 Å². The molecule has 1 aromatic carbocycles. The van der Waals surface area contributed by atoms with Crippen molar-refractivity contribution in [3.63, 3.8) is 0 Å². The Labute approximate surface area is 111 Å². The van der Waals surface area contributed by atoms with Crippen molar-refractivity contribution in [2.24, 2.45) is 0 Å². The molecule has 0 unspecified atom stereocenters. The maximum atomic E-state index is 9.27. The van der Waals surface area contributed by atoms with Crippen molar-refractivity contribution < 1.29 is 14.6 Å². The van der Waals surface area contributed by atoms with Crippen LogP contribution in [0.1, 0.15) is 12.0 Å². The number of benzene rings is 1. The first-order chi connectivity index (χ1) is 8.22. The molecule has 96 valence electrons. The summed E-state index contributed by atoms with van der Waals surface area (Å²) in [6, 6.07) is 3.37. The Bertz CT molecular complexity index is 333. The van der Waals surface area contributed by atoms with Crippen LogP contribution in [0, 0.1) is 0 Å². The van der Waals surface area contributed by atoms with Gasteiger partial charge in [0.05, 0.1) is 20.3 Å². The van der Waals surface area contributed by atoms with Crippen LogP contribution in [0.3, 0.4) is 0 Å². The van der Waals surface area contributed by atoms with Crippen LogP contribution >= 0.6 is 23.4 Å². The third-order valence-corrected chi connectivity index (χ3v) is 3.14. The predicted octanol–water partition coefficient (Wildman–Crippen LogP) is 2.97. The van der Waals surface area contributed by atoms with E-state index in [-0.39, 0.29) is 6.61 Å². The van der Waals surface area contributed by atoms with E-state index in [1.807, 2.05) is 0 Å². The van der Waals surface area contributed by atoms with Crippen molar-refractivity contribution in [3.05, 3.63) is 22.7 Å². The lowest BCUT2D eigenvalue weighted by molar-refractivity contribution is 0.255. The van der Waals surface area contributed by atoms with Crippen molar-refractivity contribution in [2.75, 3.05) is 25.7 Å². The van der Waals surface area contributed by atoms with Crippen LogP contribution in [-0.2, 0) is 6.61 Å². The molecule has 17 heavy (non-hydrogen) atoms. The molecule has 1 N–H and O–H groups in total. The molecule has 1 aromatic rings. The Hall–Kier alpha value is -0.580. The molecule has 3 nitrogen and oxygen atoms in total. The summed E-state index contributed by atoms with van der Waals surface area (Å²) >= 11 is 7.69. The van der Waals surface area contributed by atoms with E-state index in [2.05, 4.69) is 6.26 Å². The first-order valence-corrected chi connectivity index (χ1v) is 7.09. The SMILES string of the molecule is COc1cc(Cl)cc(CO)c1OCCCSC. The number of thioether (sulfide) groups is 1. The fraction of sp³-hybridized carbons (Fsp3) is 0.500. The quantitative estimate of drug-likeness (QED) is 0.777. The number of aliphatic hydroxyl groups is 1. The second kappa shape index (κ2) is 7.69. The van der Waals surface area contributed by atoms with Crippen LogP contribution in [0.2, 0.25) is 5.02 Å². The molecule has 1 rings (SSSR count). The van der Waals surface area contributed by atoms with Crippen molar-refractivity contribution in [2.45, 2.75) is 13.0 Å². The summed E-state index contributed by atoms with van der Waals surface area (Å²) in [6.07, 6.45) is 3.01. The van der Waals surface area contributed by atoms with Gasteiger partial charge in [0.15, 0.2) is 11.5 Å². The van der Waals surface area contributed by atoms with Gasteiger partial charge in [-0.25, -0.2) is 0 Å². The first kappa shape index (κ1) is 14.5. The summed E-state index contributed by atoms with van der Waals surface area (Å²) in [6.45, 7) is 0.487. The monoisotopic (exact) mass is 276 g/mol. The minimum atomic E-state index is -0.116. The number of hydrogen-bond donors (Lipinski definition) is 1. The van der Waals surface area contributed by atoms with Gasteiger partial charge in [0, 0.05) is 16.7 Å². The van der Waals surface area contributed by atoms with Crippen molar-refractivity contribution in [3.8, 4) is 11.5 Å². The zero-order valence-corrected chi connectivity index (χ0v) is 11.6. The Morgan fingerprint density at radius 3 is 2.76 bits per heavy atom. The molecule has 0 atom stereocenters. The van der Waals surface area contributed by atoms with Gasteiger partial charge in [0.2, 0.25) is 0 Å². The zero-order chi connectivity index (χ0) is 12.7. The van der Waals surface area contributed by atoms with Gasteiger partial charge in [-0.2, -0.15) is 11.8 Å². The van der Waals surface area contributed by atoms with E-state index >= 15 is 0 Å². The molecule has 0 aromatic heterocycles. The predicted molar refractivity (Wildman–Crippen MR) is 72.4 cm³/mol. The number of rotatable bonds is 7. The maximum absolute atomic E-state index is 9.27. The van der Waals surface area contributed by atoms with Crippen LogP contribution in [0.15, 0.2) is 12.1 Å². The lowest BCUT2D eigenvalue weighted by Crippen LogP contribution is -2.03. The van der Waals surface area contributed by atoms with E-state index in [0.717, 1.165) is 12.2 Å². The Kier molecular flexibility index (Phi) is 6.55. The molecule has 0 aliphatic carbocycles. The molecule has 0 aliphatic rings. The van der Waals surface area contributed by atoms with Gasteiger partial charge in [-0.15, -0.1) is 0 Å². The highest BCUT2D eigenvalue weighted by Crippen LogP contribution is 2.34. The first-order valence-electron chi connectivity index (χ1n) is 5.32. The molecule has 0 fully saturated rings. The molecular formula is C12H17ClO3S. The number of ether oxygens (including phenoxy) is 2. The van der Waals surface area contributed by atoms with E-state index in [4.69, 9.17) is 21.1 Å². The second-order valence-corrected chi connectivity index (χ2v) is 4.87. The summed E-state index contributed by atoms with van der Waals surface area (Å²) in [5.74, 6) is 2.19. The normalized spacial score (nSPS) is 10.4. The van der Waals surface area contributed by atoms with E-state index in [0.29, 0.717) is 28.7 Å². The molecule has 5 heteroatoms. The van der Waals surface area contributed by atoms with Gasteiger partial charge in [-0.3, -0.25) is 0 Å². The Morgan fingerprint density at radius 1 is 1.41 bits per heavy atom. The third kappa shape index (κ3) is 4.30. The van der Waals surface area contributed by atoms with E-state index in [1.165, 1.54) is 0 Å². The average Bonchev–Trinajstić information content (AvgIpc) is 2.35. The average molecular weight is 277 g/mol. The minimum absolute atomic E-state index is 0.116. The van der Waals surface area contributed by atoms with Crippen molar-refractivity contribution >= 4 is 23.4 Å². The lowest BCUT2D eigenvalue weighted by Gasteiger charge is -2.14. The van der Waals surface area contributed by atoms with Gasteiger partial charge in [-0.1, -0.05) is 11.6 Å². The molecule has 0 saturated heterocycles. The molecule has 0 radical (unpaired) electrons. The Balaban J connectivity index is 2.79. The molecule has 0 spiro atoms. The molecule has 0 saturated carbocycles. The zero-order valence-electron chi connectivity index (χ0n) is 10.0. The van der Waals surface area contributed by atoms with Gasteiger partial charge in [0.25, 0.3) is 0 Å². The van der Waals surface area contributed by atoms with E-state index in [9.17, 15) is 5.11 Å². The number of hydrogen-bond acceptors (Lipinski definition) is 4. The number of halogens is 1. The van der Waals surface area contributed by atoms with Crippen LogP contribution in [0.4, 0.5) is 0 Å². The number of methoxy groups -OCH3 is 1. The van der Waals surface area contributed by atoms with Crippen LogP contribution < -0.4 is 9.47 Å². The summed E-state index contributed by atoms with van der Waals surface area (Å²) < 4.78 is 10.9. The van der Waals surface area contributed by atoms with Crippen molar-refractivity contribution in [1.29, 1.82) is 0 Å². The fourth-order valence-electron chi connectivity index (χ4n) is 1.43. The second-order valence-electron chi connectivity index (χ2n) is 3.45. The van der Waals surface area contributed by atoms with Crippen molar-refractivity contribution in [1.82, 2.24) is 0 Å². The smallest absolute Gasteiger partial charge is 0.166 e. The highest BCUT2D eigenvalue weighted by molar-refractivity contribution is 7.98. The molecule has 0 aliphatic heterocycles. The topological polar surface area (TPSA) is 38.7 Å². The van der Waals surface area contributed by atoms with Crippen LogP contribution in [-0.4, -0.2) is 30.8 Å². The minimum Gasteiger partial charge on any atom is -0.493 e. The van der Waals surface area contributed by atoms with Crippen LogP contribution in [0.5, 0.6) is 11.5 Å². The molecule has 0 bridgehead atoms. The lowest BCUT2D eigenvalue weighted by atomic mass is 10.2. The van der Waals surface area contributed by atoms with E-state index < -0.39 is 0 Å². The highest BCUT2D eigenvalue weighted by Gasteiger charge is 2.12. The fourth-order valence-corrected chi connectivity index (χ4v) is 2.07. The largest absolute Gasteiger partial charge is 0.493 e. The molecule has 0 amide bonds. The van der Waals surface area contributed by atoms with Gasteiger partial charge in [0.1, 0.15) is 0 Å². The Morgan fingerprint density at radius 2 is 2.18 bits per heavy atom. The van der Waals surface area contributed by atoms with E-state index in [1.54, 1.807) is 31.0 Å². The summed E-state index contributed by atoms with van der Waals surface area (Å²) in [4.78, 5) is 0. The summed E-state index contributed by atoms with van der Waals surface area (Å²) in [5.41, 5.74) is 0.651. The van der Waals surface area contributed by atoms with Gasteiger partial charge < -0.3 is 14.6 Å². The van der Waals surface area contributed by atoms with Gasteiger partial charge in [-0.05, 0) is 24.5 Å². The summed E-state index contributed by atoms with van der Waals surface area (Å²) in [7, 11) is 1.56. The third-order valence-electron chi connectivity index (χ3n) is 2.23. The number of aliphatic hydroxyl groups excluding tert-OH is 1. The standard InChI is InChI=1S/C12H17ClO3S/c1-15-11-7-10(13)6-9(8-14)12(11)16-4-3-5-17-2/h6-7,14H,3-5,8H2,1-2H3.